The Bertz CT molecular complexity index is 1730. The summed E-state index contributed by atoms with van der Waals surface area (Å²) in [5, 5.41) is 3.18. The first-order valence-corrected chi connectivity index (χ1v) is 11.5. The third kappa shape index (κ3) is 4.81. The van der Waals surface area contributed by atoms with Crippen molar-refractivity contribution in [3.05, 3.63) is 118 Å². The van der Waals surface area contributed by atoms with Gasteiger partial charge in [-0.1, -0.05) is 0 Å². The highest BCUT2D eigenvalue weighted by molar-refractivity contribution is 6.04. The van der Waals surface area contributed by atoms with E-state index in [0.29, 0.717) is 28.1 Å². The van der Waals surface area contributed by atoms with Gasteiger partial charge in [0.1, 0.15) is 22.9 Å². The number of amides is 1. The summed E-state index contributed by atoms with van der Waals surface area (Å²) in [6, 6.07) is 17.4. The van der Waals surface area contributed by atoms with E-state index in [9.17, 15) is 18.4 Å². The average molecular weight is 514 g/mol. The Morgan fingerprint density at radius 2 is 1.74 bits per heavy atom. The summed E-state index contributed by atoms with van der Waals surface area (Å²) in [5.41, 5.74) is 1.33. The molecule has 2 aromatic heterocycles. The fourth-order valence-corrected chi connectivity index (χ4v) is 4.01. The molecule has 9 heteroatoms. The van der Waals surface area contributed by atoms with Crippen molar-refractivity contribution in [2.75, 3.05) is 12.4 Å². The van der Waals surface area contributed by atoms with Gasteiger partial charge in [0.05, 0.1) is 12.6 Å². The predicted octanol–water partition coefficient (Wildman–Crippen LogP) is 6.03. The summed E-state index contributed by atoms with van der Waals surface area (Å²) in [6.07, 6.45) is 3.03. The van der Waals surface area contributed by atoms with E-state index in [4.69, 9.17) is 9.47 Å². The Hall–Kier alpha value is -5.05. The maximum atomic E-state index is 15.0. The number of halogens is 2. The second kappa shape index (κ2) is 10.1. The Labute approximate surface area is 215 Å². The van der Waals surface area contributed by atoms with E-state index in [1.54, 1.807) is 25.4 Å². The minimum Gasteiger partial charge on any atom is -0.496 e. The number of hydrogen-bond donors (Lipinski definition) is 1. The molecular weight excluding hydrogens is 492 g/mol. The molecule has 5 aromatic rings. The lowest BCUT2D eigenvalue weighted by molar-refractivity contribution is 0.102. The molecule has 0 aliphatic rings. The van der Waals surface area contributed by atoms with Crippen LogP contribution in [0.5, 0.6) is 17.2 Å². The van der Waals surface area contributed by atoms with Crippen LogP contribution >= 0.6 is 0 Å². The van der Waals surface area contributed by atoms with Crippen molar-refractivity contribution in [1.82, 2.24) is 9.55 Å². The number of aryl methyl sites for hydroxylation is 1. The second-order valence-electron chi connectivity index (χ2n) is 8.42. The maximum absolute atomic E-state index is 15.0. The number of nitrogens with one attached hydrogen (secondary N) is 1. The van der Waals surface area contributed by atoms with Crippen molar-refractivity contribution in [3.8, 4) is 22.9 Å². The van der Waals surface area contributed by atoms with E-state index < -0.39 is 23.1 Å². The Morgan fingerprint density at radius 3 is 2.47 bits per heavy atom. The lowest BCUT2D eigenvalue weighted by Crippen LogP contribution is -2.27. The molecule has 0 saturated carbocycles. The van der Waals surface area contributed by atoms with Gasteiger partial charge in [0.15, 0.2) is 11.6 Å². The summed E-state index contributed by atoms with van der Waals surface area (Å²) < 4.78 is 40.7. The number of carbonyl (C=O) groups is 1. The van der Waals surface area contributed by atoms with Crippen molar-refractivity contribution in [3.63, 3.8) is 0 Å². The van der Waals surface area contributed by atoms with Gasteiger partial charge in [-0.25, -0.2) is 8.78 Å². The zero-order valence-electron chi connectivity index (χ0n) is 20.4. The Balaban J connectivity index is 1.38. The number of anilines is 1. The summed E-state index contributed by atoms with van der Waals surface area (Å²) in [6.45, 7) is 1.90. The zero-order valence-corrected chi connectivity index (χ0v) is 20.4. The molecule has 7 nitrogen and oxygen atoms in total. The highest BCUT2D eigenvalue weighted by Crippen LogP contribution is 2.34. The van der Waals surface area contributed by atoms with Crippen molar-refractivity contribution in [2.45, 2.75) is 6.92 Å². The number of aromatic nitrogens is 2. The van der Waals surface area contributed by atoms with Crippen LogP contribution in [0.15, 0.2) is 90.0 Å². The SMILES string of the molecule is COc1cc2c(Oc3ccc(NC(=O)c4cccn(-c5ccc(F)cc5)c4=O)cc3F)ccnc2cc1C. The smallest absolute Gasteiger partial charge is 0.267 e. The van der Waals surface area contributed by atoms with Gasteiger partial charge in [0.2, 0.25) is 0 Å². The normalized spacial score (nSPS) is 10.8. The van der Waals surface area contributed by atoms with Crippen LogP contribution in [0.4, 0.5) is 14.5 Å². The molecule has 1 amide bonds. The van der Waals surface area contributed by atoms with Crippen LogP contribution in [-0.4, -0.2) is 22.6 Å². The average Bonchev–Trinajstić information content (AvgIpc) is 2.90. The van der Waals surface area contributed by atoms with Crippen molar-refractivity contribution in [2.24, 2.45) is 0 Å². The van der Waals surface area contributed by atoms with Crippen LogP contribution in [-0.2, 0) is 0 Å². The molecule has 190 valence electrons. The molecule has 0 aliphatic carbocycles. The van der Waals surface area contributed by atoms with E-state index >= 15 is 0 Å². The van der Waals surface area contributed by atoms with Gasteiger partial charge in [0, 0.05) is 35.2 Å². The largest absolute Gasteiger partial charge is 0.496 e. The molecule has 3 aromatic carbocycles. The van der Waals surface area contributed by atoms with Crippen LogP contribution in [0, 0.1) is 18.6 Å². The standard InChI is InChI=1S/C29H21F2N3O4/c1-17-14-24-22(16-27(17)37-2)25(11-12-32-24)38-26-10-7-19(15-23(26)31)33-28(35)21-4-3-13-34(29(21)36)20-8-5-18(30)6-9-20/h3-16H,1-2H3,(H,33,35). The third-order valence-electron chi connectivity index (χ3n) is 5.92. The lowest BCUT2D eigenvalue weighted by Gasteiger charge is -2.13. The van der Waals surface area contributed by atoms with E-state index in [2.05, 4.69) is 10.3 Å². The molecule has 0 unspecified atom stereocenters. The Morgan fingerprint density at radius 1 is 0.947 bits per heavy atom. The number of hydrogen-bond acceptors (Lipinski definition) is 5. The molecular formula is C29H21F2N3O4. The van der Waals surface area contributed by atoms with Gasteiger partial charge >= 0.3 is 0 Å². The first-order chi connectivity index (χ1) is 18.3. The first-order valence-electron chi connectivity index (χ1n) is 11.5. The predicted molar refractivity (Wildman–Crippen MR) is 139 cm³/mol. The number of carbonyl (C=O) groups excluding carboxylic acids is 1. The summed E-state index contributed by atoms with van der Waals surface area (Å²) >= 11 is 0. The number of methoxy groups -OCH3 is 1. The van der Waals surface area contributed by atoms with Crippen LogP contribution in [0.3, 0.4) is 0 Å². The molecule has 0 aliphatic heterocycles. The maximum Gasteiger partial charge on any atom is 0.267 e. The molecule has 0 spiro atoms. The number of rotatable bonds is 6. The van der Waals surface area contributed by atoms with Crippen LogP contribution in [0.25, 0.3) is 16.6 Å². The third-order valence-corrected chi connectivity index (χ3v) is 5.92. The monoisotopic (exact) mass is 513 g/mol. The molecule has 5 rings (SSSR count). The van der Waals surface area contributed by atoms with Gasteiger partial charge in [-0.05, 0) is 79.2 Å². The van der Waals surface area contributed by atoms with Crippen molar-refractivity contribution in [1.29, 1.82) is 0 Å². The molecule has 1 N–H and O–H groups in total. The van der Waals surface area contributed by atoms with Gasteiger partial charge in [-0.2, -0.15) is 0 Å². The topological polar surface area (TPSA) is 82.5 Å². The van der Waals surface area contributed by atoms with Gasteiger partial charge in [0.25, 0.3) is 11.5 Å². The quantitative estimate of drug-likeness (QED) is 0.300. The fourth-order valence-electron chi connectivity index (χ4n) is 4.01. The van der Waals surface area contributed by atoms with Crippen LogP contribution < -0.4 is 20.3 Å². The molecule has 0 saturated heterocycles. The van der Waals surface area contributed by atoms with E-state index in [1.165, 1.54) is 59.3 Å². The lowest BCUT2D eigenvalue weighted by atomic mass is 10.1. The number of fused-ring (bicyclic) bond motifs is 1. The van der Waals surface area contributed by atoms with Gasteiger partial charge < -0.3 is 14.8 Å². The fraction of sp³-hybridized carbons (Fsp3) is 0.0690. The molecule has 0 atom stereocenters. The minimum atomic E-state index is -0.720. The molecule has 0 radical (unpaired) electrons. The summed E-state index contributed by atoms with van der Waals surface area (Å²) in [4.78, 5) is 30.1. The number of ether oxygens (including phenoxy) is 2. The van der Waals surface area contributed by atoms with Gasteiger partial charge in [-0.3, -0.25) is 19.1 Å². The first kappa shape index (κ1) is 24.6. The van der Waals surface area contributed by atoms with Crippen LogP contribution in [0.2, 0.25) is 0 Å². The molecule has 2 heterocycles. The number of nitrogens with zero attached hydrogens (tertiary/aromatic N) is 2. The molecule has 38 heavy (non-hydrogen) atoms. The second-order valence-corrected chi connectivity index (χ2v) is 8.42. The highest BCUT2D eigenvalue weighted by Gasteiger charge is 2.16. The Kier molecular flexibility index (Phi) is 6.57. The number of benzene rings is 3. The van der Waals surface area contributed by atoms with E-state index in [-0.39, 0.29) is 17.0 Å². The number of pyridine rings is 2. The molecule has 0 bridgehead atoms. The summed E-state index contributed by atoms with van der Waals surface area (Å²) in [5.74, 6) is -0.917. The van der Waals surface area contributed by atoms with Gasteiger partial charge in [-0.15, -0.1) is 0 Å². The minimum absolute atomic E-state index is 0.0617. The highest BCUT2D eigenvalue weighted by atomic mass is 19.1. The van der Waals surface area contributed by atoms with Crippen LogP contribution in [0.1, 0.15) is 15.9 Å². The summed E-state index contributed by atoms with van der Waals surface area (Å²) in [7, 11) is 1.56. The van der Waals surface area contributed by atoms with E-state index in [1.807, 2.05) is 13.0 Å². The zero-order chi connectivity index (χ0) is 26.8. The van der Waals surface area contributed by atoms with E-state index in [0.717, 1.165) is 11.6 Å². The van der Waals surface area contributed by atoms with Crippen molar-refractivity contribution >= 4 is 22.5 Å². The molecule has 0 fully saturated rings. The van der Waals surface area contributed by atoms with Crippen molar-refractivity contribution < 1.29 is 23.0 Å².